The molecule has 1 aromatic carbocycles. The summed E-state index contributed by atoms with van der Waals surface area (Å²) in [5.74, 6) is 0.524. The van der Waals surface area contributed by atoms with Gasteiger partial charge in [0.15, 0.2) is 17.3 Å². The minimum absolute atomic E-state index is 0.226. The zero-order valence-electron chi connectivity index (χ0n) is 16.4. The molecule has 8 heteroatoms. The third-order valence-electron chi connectivity index (χ3n) is 4.50. The Morgan fingerprint density at radius 2 is 1.93 bits per heavy atom. The number of carbonyl (C=O) groups is 2. The highest BCUT2D eigenvalue weighted by Gasteiger charge is 2.38. The third-order valence-corrected chi connectivity index (χ3v) is 4.50. The molecule has 0 saturated heterocycles. The van der Waals surface area contributed by atoms with Gasteiger partial charge in [-0.2, -0.15) is 0 Å². The number of ketones is 1. The van der Waals surface area contributed by atoms with E-state index in [9.17, 15) is 14.7 Å². The quantitative estimate of drug-likeness (QED) is 0.556. The largest absolute Gasteiger partial charge is 0.493 e. The van der Waals surface area contributed by atoms with Crippen LogP contribution in [0.2, 0.25) is 0 Å². The molecule has 1 atom stereocenters. The van der Waals surface area contributed by atoms with Crippen molar-refractivity contribution in [3.05, 3.63) is 29.5 Å². The zero-order valence-corrected chi connectivity index (χ0v) is 16.4. The van der Waals surface area contributed by atoms with Gasteiger partial charge in [0.1, 0.15) is 0 Å². The molecule has 1 heterocycles. The van der Waals surface area contributed by atoms with Gasteiger partial charge >= 0.3 is 6.09 Å². The van der Waals surface area contributed by atoms with Gasteiger partial charge in [-0.25, -0.2) is 4.79 Å². The maximum absolute atomic E-state index is 13.0. The average Bonchev–Trinajstić information content (AvgIpc) is 2.62. The summed E-state index contributed by atoms with van der Waals surface area (Å²) < 4.78 is 10.5. The number of nitrogens with zero attached hydrogens (tertiary/aromatic N) is 2. The monoisotopic (exact) mass is 377 g/mol. The number of anilines is 1. The Balaban J connectivity index is 2.39. The minimum atomic E-state index is -1.14. The van der Waals surface area contributed by atoms with E-state index in [1.165, 1.54) is 31.3 Å². The van der Waals surface area contributed by atoms with Crippen molar-refractivity contribution in [2.75, 3.05) is 46.3 Å². The molecule has 1 aliphatic heterocycles. The summed E-state index contributed by atoms with van der Waals surface area (Å²) in [5, 5.41) is 12.8. The molecule has 0 aromatic heterocycles. The lowest BCUT2D eigenvalue weighted by molar-refractivity contribution is 0.102. The number of hydrogen-bond acceptors (Lipinski definition) is 6. The van der Waals surface area contributed by atoms with Crippen molar-refractivity contribution in [2.45, 2.75) is 19.4 Å². The van der Waals surface area contributed by atoms with E-state index in [1.807, 2.05) is 14.1 Å². The van der Waals surface area contributed by atoms with Crippen molar-refractivity contribution in [2.24, 2.45) is 0 Å². The Morgan fingerprint density at radius 1 is 1.30 bits per heavy atom. The minimum Gasteiger partial charge on any atom is -0.493 e. The van der Waals surface area contributed by atoms with Crippen LogP contribution in [0.4, 0.5) is 10.5 Å². The van der Waals surface area contributed by atoms with E-state index in [4.69, 9.17) is 9.47 Å². The maximum atomic E-state index is 13.0. The van der Waals surface area contributed by atoms with Crippen LogP contribution >= 0.6 is 0 Å². The fourth-order valence-electron chi connectivity index (χ4n) is 3.08. The Kier molecular flexibility index (Phi) is 6.68. The van der Waals surface area contributed by atoms with Gasteiger partial charge in [0, 0.05) is 24.4 Å². The number of fused-ring (bicyclic) bond motifs is 1. The van der Waals surface area contributed by atoms with E-state index in [2.05, 4.69) is 10.2 Å². The number of Topliss-reactive ketones (excluding diaryl/α,β-unsaturated/α-hetero) is 1. The van der Waals surface area contributed by atoms with Gasteiger partial charge in [-0.3, -0.25) is 9.69 Å². The molecule has 0 radical (unpaired) electrons. The molecule has 27 heavy (non-hydrogen) atoms. The van der Waals surface area contributed by atoms with E-state index in [0.29, 0.717) is 29.3 Å². The van der Waals surface area contributed by atoms with Gasteiger partial charge in [-0.15, -0.1) is 0 Å². The molecule has 2 rings (SSSR count). The van der Waals surface area contributed by atoms with E-state index >= 15 is 0 Å². The standard InChI is InChI=1S/C19H27N3O5/c1-12-14(11-20-7-6-8-21(2)3)18(23)13-9-16(26-4)17(27-5)10-15(13)22(12)19(24)25/h9-12,20H,6-8H2,1-5H3,(H,24,25). The normalized spacial score (nSPS) is 17.9. The molecule has 148 valence electrons. The maximum Gasteiger partial charge on any atom is 0.412 e. The topological polar surface area (TPSA) is 91.3 Å². The number of benzene rings is 1. The van der Waals surface area contributed by atoms with Crippen molar-refractivity contribution in [3.63, 3.8) is 0 Å². The van der Waals surface area contributed by atoms with Crippen LogP contribution in [-0.4, -0.2) is 69.3 Å². The molecule has 0 aliphatic carbocycles. The molecular weight excluding hydrogens is 350 g/mol. The van der Waals surface area contributed by atoms with E-state index in [0.717, 1.165) is 13.0 Å². The highest BCUT2D eigenvalue weighted by Crippen LogP contribution is 2.40. The lowest BCUT2D eigenvalue weighted by Gasteiger charge is -2.34. The molecule has 0 bridgehead atoms. The van der Waals surface area contributed by atoms with Crippen LogP contribution in [0.15, 0.2) is 23.9 Å². The van der Waals surface area contributed by atoms with Gasteiger partial charge in [0.25, 0.3) is 0 Å². The summed E-state index contributed by atoms with van der Waals surface area (Å²) in [5.41, 5.74) is 0.957. The average molecular weight is 377 g/mol. The Labute approximate surface area is 159 Å². The van der Waals surface area contributed by atoms with Crippen molar-refractivity contribution >= 4 is 17.6 Å². The fourth-order valence-corrected chi connectivity index (χ4v) is 3.08. The lowest BCUT2D eigenvalue weighted by atomic mass is 9.90. The van der Waals surface area contributed by atoms with Gasteiger partial charge in [-0.05, 0) is 40.1 Å². The number of carboxylic acid groups (broad SMARTS) is 1. The van der Waals surface area contributed by atoms with Crippen LogP contribution < -0.4 is 19.7 Å². The SMILES string of the molecule is COc1cc2c(cc1OC)N(C(=O)O)C(C)C(=CNCCCN(C)C)C2=O. The van der Waals surface area contributed by atoms with E-state index in [1.54, 1.807) is 13.1 Å². The first kappa shape index (κ1) is 20.6. The van der Waals surface area contributed by atoms with Crippen molar-refractivity contribution < 1.29 is 24.2 Å². The molecule has 1 aromatic rings. The van der Waals surface area contributed by atoms with Crippen molar-refractivity contribution in [1.29, 1.82) is 0 Å². The molecule has 2 N–H and O–H groups in total. The molecule has 1 aliphatic rings. The third kappa shape index (κ3) is 4.33. The molecular formula is C19H27N3O5. The summed E-state index contributed by atoms with van der Waals surface area (Å²) in [6, 6.07) is 2.43. The van der Waals surface area contributed by atoms with Crippen molar-refractivity contribution in [3.8, 4) is 11.5 Å². The van der Waals surface area contributed by atoms with Gasteiger partial charge < -0.3 is 24.8 Å². The second-order valence-corrected chi connectivity index (χ2v) is 6.59. The smallest absolute Gasteiger partial charge is 0.412 e. The molecule has 0 fully saturated rings. The van der Waals surface area contributed by atoms with Crippen LogP contribution in [0.5, 0.6) is 11.5 Å². The number of rotatable bonds is 7. The van der Waals surface area contributed by atoms with E-state index < -0.39 is 12.1 Å². The van der Waals surface area contributed by atoms with Gasteiger partial charge in [-0.1, -0.05) is 0 Å². The number of nitrogens with one attached hydrogen (secondary N) is 1. The summed E-state index contributed by atoms with van der Waals surface area (Å²) in [6.07, 6.45) is 1.39. The predicted octanol–water partition coefficient (Wildman–Crippen LogP) is 2.20. The summed E-state index contributed by atoms with van der Waals surface area (Å²) in [7, 11) is 6.92. The zero-order chi connectivity index (χ0) is 20.1. The van der Waals surface area contributed by atoms with Crippen LogP contribution in [0, 0.1) is 0 Å². The summed E-state index contributed by atoms with van der Waals surface area (Å²) >= 11 is 0. The van der Waals surface area contributed by atoms with Crippen molar-refractivity contribution in [1.82, 2.24) is 10.2 Å². The molecule has 1 amide bonds. The second kappa shape index (κ2) is 8.77. The first-order valence-electron chi connectivity index (χ1n) is 8.72. The van der Waals surface area contributed by atoms with E-state index in [-0.39, 0.29) is 11.3 Å². The van der Waals surface area contributed by atoms with Crippen LogP contribution in [0.3, 0.4) is 0 Å². The van der Waals surface area contributed by atoms with Crippen LogP contribution in [-0.2, 0) is 0 Å². The van der Waals surface area contributed by atoms with Crippen LogP contribution in [0.25, 0.3) is 0 Å². The lowest BCUT2D eigenvalue weighted by Crippen LogP contribution is -2.45. The molecule has 0 saturated carbocycles. The number of hydrogen-bond donors (Lipinski definition) is 2. The Hall–Kier alpha value is -2.74. The highest BCUT2D eigenvalue weighted by atomic mass is 16.5. The Bertz CT molecular complexity index is 745. The first-order chi connectivity index (χ1) is 12.8. The predicted molar refractivity (Wildman–Crippen MR) is 103 cm³/mol. The molecule has 0 spiro atoms. The first-order valence-corrected chi connectivity index (χ1v) is 8.72. The summed E-state index contributed by atoms with van der Waals surface area (Å²) in [4.78, 5) is 28.1. The molecule has 1 unspecified atom stereocenters. The number of methoxy groups -OCH3 is 2. The fraction of sp³-hybridized carbons (Fsp3) is 0.474. The Morgan fingerprint density at radius 3 is 2.48 bits per heavy atom. The second-order valence-electron chi connectivity index (χ2n) is 6.59. The van der Waals surface area contributed by atoms with Gasteiger partial charge in [0.05, 0.1) is 31.5 Å². The number of ether oxygens (including phenoxy) is 2. The van der Waals surface area contributed by atoms with Gasteiger partial charge in [0.2, 0.25) is 0 Å². The van der Waals surface area contributed by atoms with Crippen LogP contribution in [0.1, 0.15) is 23.7 Å². The summed E-state index contributed by atoms with van der Waals surface area (Å²) in [6.45, 7) is 3.30. The molecule has 8 nitrogen and oxygen atoms in total. The number of amides is 1. The number of carbonyl (C=O) groups excluding carboxylic acids is 1. The highest BCUT2D eigenvalue weighted by molar-refractivity contribution is 6.18.